The molecule has 0 saturated carbocycles. The molecule has 1 aromatic heterocycles. The van der Waals surface area contributed by atoms with Gasteiger partial charge in [-0.1, -0.05) is 36.4 Å². The lowest BCUT2D eigenvalue weighted by molar-refractivity contribution is 0.305. The summed E-state index contributed by atoms with van der Waals surface area (Å²) < 4.78 is 8.61. The van der Waals surface area contributed by atoms with Gasteiger partial charge in [0.15, 0.2) is 0 Å². The Hall–Kier alpha value is -3.87. The maximum absolute atomic E-state index is 12.3. The predicted octanol–water partition coefficient (Wildman–Crippen LogP) is 3.62. The van der Waals surface area contributed by atoms with E-state index in [0.29, 0.717) is 12.3 Å². The van der Waals surface area contributed by atoms with Gasteiger partial charge in [0.05, 0.1) is 5.69 Å². The average Bonchev–Trinajstić information content (AvgIpc) is 3.11. The van der Waals surface area contributed by atoms with Gasteiger partial charge in [0.25, 0.3) is 0 Å². The number of nitrogens with zero attached hydrogens (tertiary/aromatic N) is 5. The molecule has 0 amide bonds. The zero-order valence-electron chi connectivity index (χ0n) is 17.2. The van der Waals surface area contributed by atoms with E-state index in [0.717, 1.165) is 28.3 Å². The summed E-state index contributed by atoms with van der Waals surface area (Å²) in [6.45, 7) is 2.30. The third-order valence-electron chi connectivity index (χ3n) is 5.07. The van der Waals surface area contributed by atoms with E-state index < -0.39 is 0 Å². The molecule has 30 heavy (non-hydrogen) atoms. The van der Waals surface area contributed by atoms with Crippen LogP contribution in [0.15, 0.2) is 77.6 Å². The Morgan fingerprint density at radius 1 is 0.933 bits per heavy atom. The highest BCUT2D eigenvalue weighted by Crippen LogP contribution is 2.27. The number of anilines is 2. The van der Waals surface area contributed by atoms with Gasteiger partial charge in [-0.25, -0.2) is 4.79 Å². The molecule has 0 spiro atoms. The van der Waals surface area contributed by atoms with Gasteiger partial charge in [0.2, 0.25) is 0 Å². The SMILES string of the molecule is Cc1cccc(-n2nnn(C)c2=O)c1COc1cccc(N(C)c2ccccc2)c1. The first-order chi connectivity index (χ1) is 14.5. The van der Waals surface area contributed by atoms with Gasteiger partial charge < -0.3 is 9.64 Å². The first kappa shape index (κ1) is 19.4. The third-order valence-corrected chi connectivity index (χ3v) is 5.07. The summed E-state index contributed by atoms with van der Waals surface area (Å²) in [6, 6.07) is 23.8. The Kier molecular flexibility index (Phi) is 5.34. The largest absolute Gasteiger partial charge is 0.489 e. The highest BCUT2D eigenvalue weighted by Gasteiger charge is 2.14. The van der Waals surface area contributed by atoms with Gasteiger partial charge in [-0.3, -0.25) is 0 Å². The van der Waals surface area contributed by atoms with Crippen LogP contribution in [0, 0.1) is 6.92 Å². The lowest BCUT2D eigenvalue weighted by Crippen LogP contribution is -2.23. The maximum atomic E-state index is 12.3. The number of hydrogen-bond acceptors (Lipinski definition) is 5. The Balaban J connectivity index is 1.59. The summed E-state index contributed by atoms with van der Waals surface area (Å²) in [5.74, 6) is 0.746. The topological polar surface area (TPSA) is 65.2 Å². The van der Waals surface area contributed by atoms with Crippen molar-refractivity contribution in [1.29, 1.82) is 0 Å². The molecule has 7 heteroatoms. The van der Waals surface area contributed by atoms with E-state index in [1.54, 1.807) is 7.05 Å². The second-order valence-corrected chi connectivity index (χ2v) is 7.05. The first-order valence-electron chi connectivity index (χ1n) is 9.64. The number of rotatable bonds is 6. The fraction of sp³-hybridized carbons (Fsp3) is 0.174. The minimum Gasteiger partial charge on any atom is -0.489 e. The smallest absolute Gasteiger partial charge is 0.368 e. The standard InChI is InChI=1S/C23H23N5O2/c1-17-9-7-14-22(28-23(29)27(3)24-25-28)21(17)16-30-20-13-8-12-19(15-20)26(2)18-10-5-4-6-11-18/h4-15H,16H2,1-3H3. The summed E-state index contributed by atoms with van der Waals surface area (Å²) in [6.07, 6.45) is 0. The summed E-state index contributed by atoms with van der Waals surface area (Å²) in [5.41, 5.74) is 4.40. The summed E-state index contributed by atoms with van der Waals surface area (Å²) in [7, 11) is 3.60. The molecule has 4 rings (SSSR count). The fourth-order valence-electron chi connectivity index (χ4n) is 3.28. The minimum absolute atomic E-state index is 0.298. The fourth-order valence-corrected chi connectivity index (χ4v) is 3.28. The zero-order valence-corrected chi connectivity index (χ0v) is 17.2. The molecule has 0 bridgehead atoms. The van der Waals surface area contributed by atoms with Crippen LogP contribution in [0.2, 0.25) is 0 Å². The van der Waals surface area contributed by atoms with Crippen molar-refractivity contribution < 1.29 is 4.74 Å². The molecule has 0 unspecified atom stereocenters. The molecule has 0 aliphatic heterocycles. The molecule has 7 nitrogen and oxygen atoms in total. The molecule has 0 atom stereocenters. The van der Waals surface area contributed by atoms with Crippen molar-refractivity contribution in [2.45, 2.75) is 13.5 Å². The van der Waals surface area contributed by atoms with Crippen LogP contribution >= 0.6 is 0 Å². The number of aryl methyl sites for hydroxylation is 2. The van der Waals surface area contributed by atoms with Crippen LogP contribution in [0.1, 0.15) is 11.1 Å². The highest BCUT2D eigenvalue weighted by atomic mass is 16.5. The van der Waals surface area contributed by atoms with Crippen molar-refractivity contribution >= 4 is 11.4 Å². The van der Waals surface area contributed by atoms with Crippen molar-refractivity contribution in [1.82, 2.24) is 19.8 Å². The van der Waals surface area contributed by atoms with Crippen LogP contribution in [-0.2, 0) is 13.7 Å². The molecule has 3 aromatic carbocycles. The number of hydrogen-bond donors (Lipinski definition) is 0. The van der Waals surface area contributed by atoms with Crippen molar-refractivity contribution in [2.24, 2.45) is 7.05 Å². The van der Waals surface area contributed by atoms with Gasteiger partial charge in [-0.15, -0.1) is 0 Å². The first-order valence-corrected chi connectivity index (χ1v) is 9.64. The highest BCUT2D eigenvalue weighted by molar-refractivity contribution is 5.63. The molecule has 152 valence electrons. The zero-order chi connectivity index (χ0) is 21.1. The Bertz CT molecular complexity index is 1210. The Morgan fingerprint density at radius 3 is 2.40 bits per heavy atom. The maximum Gasteiger partial charge on any atom is 0.368 e. The molecule has 1 heterocycles. The molecule has 0 saturated heterocycles. The molecular formula is C23H23N5O2. The predicted molar refractivity (Wildman–Crippen MR) is 117 cm³/mol. The average molecular weight is 401 g/mol. The minimum atomic E-state index is -0.298. The molecule has 0 fully saturated rings. The van der Waals surface area contributed by atoms with E-state index in [1.165, 1.54) is 9.36 Å². The lowest BCUT2D eigenvalue weighted by Gasteiger charge is -2.20. The number of tetrazole rings is 1. The van der Waals surface area contributed by atoms with E-state index >= 15 is 0 Å². The van der Waals surface area contributed by atoms with Crippen LogP contribution < -0.4 is 15.3 Å². The van der Waals surface area contributed by atoms with Gasteiger partial charge in [0, 0.05) is 37.1 Å². The van der Waals surface area contributed by atoms with Crippen molar-refractivity contribution in [2.75, 3.05) is 11.9 Å². The third kappa shape index (κ3) is 3.82. The van der Waals surface area contributed by atoms with E-state index in [-0.39, 0.29) is 5.69 Å². The van der Waals surface area contributed by atoms with E-state index in [9.17, 15) is 4.79 Å². The summed E-state index contributed by atoms with van der Waals surface area (Å²) in [5, 5.41) is 7.78. The second-order valence-electron chi connectivity index (χ2n) is 7.05. The molecule has 0 aliphatic carbocycles. The summed E-state index contributed by atoms with van der Waals surface area (Å²) >= 11 is 0. The Morgan fingerprint density at radius 2 is 1.67 bits per heavy atom. The van der Waals surface area contributed by atoms with Crippen molar-refractivity contribution in [3.05, 3.63) is 94.4 Å². The second kappa shape index (κ2) is 8.24. The van der Waals surface area contributed by atoms with E-state index in [1.807, 2.05) is 74.6 Å². The van der Waals surface area contributed by atoms with Crippen LogP contribution in [0.5, 0.6) is 5.75 Å². The molecule has 0 aliphatic rings. The van der Waals surface area contributed by atoms with Crippen LogP contribution in [0.3, 0.4) is 0 Å². The van der Waals surface area contributed by atoms with Crippen molar-refractivity contribution in [3.63, 3.8) is 0 Å². The van der Waals surface area contributed by atoms with Gasteiger partial charge in [-0.2, -0.15) is 9.36 Å². The van der Waals surface area contributed by atoms with Gasteiger partial charge >= 0.3 is 5.69 Å². The number of para-hydroxylation sites is 1. The number of ether oxygens (including phenoxy) is 1. The summed E-state index contributed by atoms with van der Waals surface area (Å²) in [4.78, 5) is 14.4. The molecule has 4 aromatic rings. The van der Waals surface area contributed by atoms with E-state index in [4.69, 9.17) is 4.74 Å². The molecule has 0 radical (unpaired) electrons. The monoisotopic (exact) mass is 401 g/mol. The molecule has 0 N–H and O–H groups in total. The molecular weight excluding hydrogens is 378 g/mol. The lowest BCUT2D eigenvalue weighted by atomic mass is 10.1. The Labute approximate surface area is 174 Å². The van der Waals surface area contributed by atoms with Crippen molar-refractivity contribution in [3.8, 4) is 11.4 Å². The van der Waals surface area contributed by atoms with Crippen LogP contribution in [0.25, 0.3) is 5.69 Å². The van der Waals surface area contributed by atoms with E-state index in [2.05, 4.69) is 27.5 Å². The normalized spacial score (nSPS) is 10.8. The van der Waals surface area contributed by atoms with Crippen LogP contribution in [-0.4, -0.2) is 26.8 Å². The number of aromatic nitrogens is 4. The number of benzene rings is 3. The van der Waals surface area contributed by atoms with Crippen LogP contribution in [0.4, 0.5) is 11.4 Å². The quantitative estimate of drug-likeness (QED) is 0.494. The van der Waals surface area contributed by atoms with Gasteiger partial charge in [-0.05, 0) is 53.2 Å². The van der Waals surface area contributed by atoms with Gasteiger partial charge in [0.1, 0.15) is 12.4 Å².